The molecule has 0 atom stereocenters. The maximum Gasteiger partial charge on any atom is 0.410 e. The lowest BCUT2D eigenvalue weighted by atomic mass is 9.98. The number of carbonyl (C=O) groups is 1. The van der Waals surface area contributed by atoms with Crippen LogP contribution in [0.1, 0.15) is 38.3 Å². The molecule has 1 heterocycles. The number of carbonyl (C=O) groups excluding carboxylic acids is 1. The number of amides is 1. The van der Waals surface area contributed by atoms with Crippen LogP contribution in [0.15, 0.2) is 30.3 Å². The lowest BCUT2D eigenvalue weighted by Crippen LogP contribution is -2.39. The smallest absolute Gasteiger partial charge is 0.410 e. The van der Waals surface area contributed by atoms with Crippen LogP contribution in [0.4, 0.5) is 4.79 Å². The predicted octanol–water partition coefficient (Wildman–Crippen LogP) is 3.86. The van der Waals surface area contributed by atoms with E-state index in [1.54, 1.807) is 12.0 Å². The quantitative estimate of drug-likeness (QED) is 0.851. The first-order valence-electron chi connectivity index (χ1n) is 7.64. The Labute approximate surface area is 132 Å². The molecule has 0 aliphatic carbocycles. The second kappa shape index (κ2) is 6.97. The highest BCUT2D eigenvalue weighted by molar-refractivity contribution is 5.72. The van der Waals surface area contributed by atoms with Gasteiger partial charge in [0.15, 0.2) is 0 Å². The monoisotopic (exact) mass is 303 g/mol. The molecule has 120 valence electrons. The summed E-state index contributed by atoms with van der Waals surface area (Å²) in [5.41, 5.74) is 3.21. The average molecular weight is 303 g/mol. The summed E-state index contributed by atoms with van der Waals surface area (Å²) in [6, 6.07) is 8.40. The zero-order valence-electron chi connectivity index (χ0n) is 13.9. The van der Waals surface area contributed by atoms with Gasteiger partial charge in [-0.1, -0.05) is 30.3 Å². The predicted molar refractivity (Wildman–Crippen MR) is 87.6 cm³/mol. The second-order valence-corrected chi connectivity index (χ2v) is 6.54. The van der Waals surface area contributed by atoms with Crippen LogP contribution < -0.4 is 0 Å². The first-order chi connectivity index (χ1) is 10.4. The Morgan fingerprint density at radius 2 is 1.91 bits per heavy atom. The number of benzene rings is 1. The Balaban J connectivity index is 1.97. The number of nitrogens with zero attached hydrogens (tertiary/aromatic N) is 1. The summed E-state index contributed by atoms with van der Waals surface area (Å²) >= 11 is 0. The first-order valence-corrected chi connectivity index (χ1v) is 7.64. The van der Waals surface area contributed by atoms with Crippen LogP contribution in [-0.2, 0) is 16.1 Å². The largest absolute Gasteiger partial charge is 0.444 e. The third kappa shape index (κ3) is 4.60. The summed E-state index contributed by atoms with van der Waals surface area (Å²) in [5, 5.41) is 0. The summed E-state index contributed by atoms with van der Waals surface area (Å²) in [4.78, 5) is 13.8. The van der Waals surface area contributed by atoms with Gasteiger partial charge in [-0.15, -0.1) is 0 Å². The van der Waals surface area contributed by atoms with Crippen LogP contribution in [0.25, 0.3) is 5.57 Å². The molecule has 1 aliphatic rings. The highest BCUT2D eigenvalue weighted by Gasteiger charge is 2.23. The molecule has 0 radical (unpaired) electrons. The molecule has 0 aromatic heterocycles. The van der Waals surface area contributed by atoms with Crippen LogP contribution in [0.2, 0.25) is 0 Å². The van der Waals surface area contributed by atoms with E-state index in [0.717, 1.165) is 12.0 Å². The van der Waals surface area contributed by atoms with E-state index in [0.29, 0.717) is 19.7 Å². The minimum absolute atomic E-state index is 0.238. The molecule has 0 N–H and O–H groups in total. The van der Waals surface area contributed by atoms with Gasteiger partial charge in [-0.25, -0.2) is 4.79 Å². The van der Waals surface area contributed by atoms with Crippen molar-refractivity contribution >= 4 is 11.7 Å². The van der Waals surface area contributed by atoms with E-state index in [9.17, 15) is 4.79 Å². The molecule has 1 aromatic rings. The third-order valence-corrected chi connectivity index (χ3v) is 3.50. The zero-order valence-corrected chi connectivity index (χ0v) is 13.9. The van der Waals surface area contributed by atoms with Gasteiger partial charge in [0, 0.05) is 20.2 Å². The molecule has 1 amide bonds. The highest BCUT2D eigenvalue weighted by atomic mass is 16.6. The fraction of sp³-hybridized carbons (Fsp3) is 0.500. The highest BCUT2D eigenvalue weighted by Crippen LogP contribution is 2.23. The molecule has 1 aliphatic heterocycles. The molecular weight excluding hydrogens is 278 g/mol. The van der Waals surface area contributed by atoms with Crippen molar-refractivity contribution < 1.29 is 14.3 Å². The molecule has 4 nitrogen and oxygen atoms in total. The molecule has 4 heteroatoms. The molecule has 0 saturated carbocycles. The van der Waals surface area contributed by atoms with E-state index in [2.05, 4.69) is 30.3 Å². The summed E-state index contributed by atoms with van der Waals surface area (Å²) in [7, 11) is 1.70. The van der Waals surface area contributed by atoms with Gasteiger partial charge in [-0.05, 0) is 43.9 Å². The second-order valence-electron chi connectivity index (χ2n) is 6.54. The summed E-state index contributed by atoms with van der Waals surface area (Å²) in [6.45, 7) is 7.59. The van der Waals surface area contributed by atoms with Gasteiger partial charge in [0.1, 0.15) is 5.60 Å². The van der Waals surface area contributed by atoms with E-state index < -0.39 is 5.60 Å². The first kappa shape index (κ1) is 16.6. The molecular formula is C18H25NO3. The molecule has 1 aromatic carbocycles. The van der Waals surface area contributed by atoms with E-state index in [-0.39, 0.29) is 6.09 Å². The normalized spacial score (nSPS) is 15.5. The van der Waals surface area contributed by atoms with Gasteiger partial charge in [-0.3, -0.25) is 0 Å². The summed E-state index contributed by atoms with van der Waals surface area (Å²) in [6.07, 6.45) is 2.72. The molecule has 2 rings (SSSR count). The maximum atomic E-state index is 12.0. The van der Waals surface area contributed by atoms with Gasteiger partial charge < -0.3 is 14.4 Å². The molecule has 0 fully saturated rings. The number of ether oxygens (including phenoxy) is 2. The van der Waals surface area contributed by atoms with Crippen LogP contribution in [0.3, 0.4) is 0 Å². The number of hydrogen-bond acceptors (Lipinski definition) is 3. The fourth-order valence-electron chi connectivity index (χ4n) is 2.41. The Morgan fingerprint density at radius 3 is 2.41 bits per heavy atom. The van der Waals surface area contributed by atoms with Crippen molar-refractivity contribution in [1.82, 2.24) is 4.90 Å². The SMILES string of the molecule is COCc1ccc(C2=CCN(C(=O)OC(C)(C)C)CC2)cc1. The summed E-state index contributed by atoms with van der Waals surface area (Å²) in [5.74, 6) is 0. The van der Waals surface area contributed by atoms with E-state index in [1.807, 2.05) is 20.8 Å². The van der Waals surface area contributed by atoms with Crippen molar-refractivity contribution in [3.8, 4) is 0 Å². The number of hydrogen-bond donors (Lipinski definition) is 0. The van der Waals surface area contributed by atoms with Crippen LogP contribution in [0.5, 0.6) is 0 Å². The number of methoxy groups -OCH3 is 1. The lowest BCUT2D eigenvalue weighted by molar-refractivity contribution is 0.0270. The van der Waals surface area contributed by atoms with Crippen LogP contribution >= 0.6 is 0 Å². The van der Waals surface area contributed by atoms with Crippen LogP contribution in [-0.4, -0.2) is 36.8 Å². The Bertz CT molecular complexity index is 540. The average Bonchev–Trinajstić information content (AvgIpc) is 2.47. The van der Waals surface area contributed by atoms with Crippen molar-refractivity contribution in [2.24, 2.45) is 0 Å². The lowest BCUT2D eigenvalue weighted by Gasteiger charge is -2.29. The maximum absolute atomic E-state index is 12.0. The molecule has 0 bridgehead atoms. The van der Waals surface area contributed by atoms with Crippen molar-refractivity contribution in [3.63, 3.8) is 0 Å². The van der Waals surface area contributed by atoms with Crippen molar-refractivity contribution in [2.45, 2.75) is 39.4 Å². The Kier molecular flexibility index (Phi) is 5.24. The van der Waals surface area contributed by atoms with Gasteiger partial charge in [0.2, 0.25) is 0 Å². The van der Waals surface area contributed by atoms with E-state index in [4.69, 9.17) is 9.47 Å². The minimum Gasteiger partial charge on any atom is -0.444 e. The third-order valence-electron chi connectivity index (χ3n) is 3.50. The topological polar surface area (TPSA) is 38.8 Å². The van der Waals surface area contributed by atoms with Crippen molar-refractivity contribution in [2.75, 3.05) is 20.2 Å². The van der Waals surface area contributed by atoms with Gasteiger partial charge >= 0.3 is 6.09 Å². The zero-order chi connectivity index (χ0) is 16.2. The van der Waals surface area contributed by atoms with Crippen LogP contribution in [0, 0.1) is 0 Å². The Morgan fingerprint density at radius 1 is 1.23 bits per heavy atom. The van der Waals surface area contributed by atoms with Gasteiger partial charge in [-0.2, -0.15) is 0 Å². The van der Waals surface area contributed by atoms with Crippen molar-refractivity contribution in [3.05, 3.63) is 41.5 Å². The number of rotatable bonds is 3. The van der Waals surface area contributed by atoms with E-state index in [1.165, 1.54) is 11.1 Å². The standard InChI is InChI=1S/C18H25NO3/c1-18(2,3)22-17(20)19-11-9-16(10-12-19)15-7-5-14(6-8-15)13-21-4/h5-9H,10-13H2,1-4H3. The fourth-order valence-corrected chi connectivity index (χ4v) is 2.41. The molecule has 22 heavy (non-hydrogen) atoms. The minimum atomic E-state index is -0.446. The van der Waals surface area contributed by atoms with Crippen molar-refractivity contribution in [1.29, 1.82) is 0 Å². The molecule has 0 saturated heterocycles. The van der Waals surface area contributed by atoms with E-state index >= 15 is 0 Å². The molecule has 0 spiro atoms. The summed E-state index contributed by atoms with van der Waals surface area (Å²) < 4.78 is 10.5. The van der Waals surface area contributed by atoms with Gasteiger partial charge in [0.25, 0.3) is 0 Å². The van der Waals surface area contributed by atoms with Gasteiger partial charge in [0.05, 0.1) is 6.61 Å². The Hall–Kier alpha value is -1.81. The molecule has 0 unspecified atom stereocenters.